The van der Waals surface area contributed by atoms with Crippen molar-refractivity contribution in [1.29, 1.82) is 0 Å². The molecule has 0 aromatic carbocycles. The number of unbranched alkanes of at least 4 members (excludes halogenated alkanes) is 2. The zero-order valence-corrected chi connectivity index (χ0v) is 25.0. The Bertz CT molecular complexity index is 716. The summed E-state index contributed by atoms with van der Waals surface area (Å²) in [5.74, 6) is 6.90. The summed E-state index contributed by atoms with van der Waals surface area (Å²) in [4.78, 5) is 12.0. The van der Waals surface area contributed by atoms with Crippen LogP contribution in [0, 0.1) is 58.2 Å². The summed E-state index contributed by atoms with van der Waals surface area (Å²) in [5.41, 5.74) is 1.25. The number of rotatable bonds is 11. The van der Waals surface area contributed by atoms with Crippen LogP contribution >= 0.6 is 0 Å². The van der Waals surface area contributed by atoms with Gasteiger partial charge in [-0.25, -0.2) is 0 Å². The molecule has 0 radical (unpaired) electrons. The maximum atomic E-state index is 12.0. The largest absolute Gasteiger partial charge is 0.465 e. The van der Waals surface area contributed by atoms with Crippen LogP contribution in [0.5, 0.6) is 0 Å². The first-order valence-electron chi connectivity index (χ1n) is 16.4. The fraction of sp³-hybridized carbons (Fsp3) is 0.971. The van der Waals surface area contributed by atoms with Crippen molar-refractivity contribution in [2.45, 2.75) is 144 Å². The first-order chi connectivity index (χ1) is 17.2. The van der Waals surface area contributed by atoms with Crippen LogP contribution < -0.4 is 0 Å². The highest BCUT2D eigenvalue weighted by molar-refractivity contribution is 5.69. The van der Waals surface area contributed by atoms with E-state index in [-0.39, 0.29) is 5.97 Å². The van der Waals surface area contributed by atoms with E-state index >= 15 is 0 Å². The Hall–Kier alpha value is -0.530. The van der Waals surface area contributed by atoms with Crippen LogP contribution in [0.15, 0.2) is 0 Å². The Morgan fingerprint density at radius 2 is 1.61 bits per heavy atom. The third-order valence-corrected chi connectivity index (χ3v) is 12.9. The van der Waals surface area contributed by atoms with Gasteiger partial charge in [-0.1, -0.05) is 80.1 Å². The minimum atomic E-state index is 0.00696. The molecule has 208 valence electrons. The van der Waals surface area contributed by atoms with Crippen LogP contribution in [0.4, 0.5) is 0 Å². The van der Waals surface area contributed by atoms with Gasteiger partial charge in [0.15, 0.2) is 0 Å². The van der Waals surface area contributed by atoms with Crippen molar-refractivity contribution in [1.82, 2.24) is 0 Å². The van der Waals surface area contributed by atoms with Gasteiger partial charge in [-0.2, -0.15) is 0 Å². The molecule has 4 rings (SSSR count). The van der Waals surface area contributed by atoms with Crippen LogP contribution in [0.2, 0.25) is 0 Å². The molecule has 4 aliphatic carbocycles. The lowest BCUT2D eigenvalue weighted by Crippen LogP contribution is -2.53. The molecule has 4 fully saturated rings. The molecule has 0 N–H and O–H groups in total. The predicted octanol–water partition coefficient (Wildman–Crippen LogP) is 9.85. The number of carbonyl (C=O) groups is 1. The monoisotopic (exact) mass is 500 g/mol. The van der Waals surface area contributed by atoms with Crippen molar-refractivity contribution in [3.63, 3.8) is 0 Å². The van der Waals surface area contributed by atoms with E-state index < -0.39 is 0 Å². The number of fused-ring (bicyclic) bond motifs is 5. The average molecular weight is 501 g/mol. The third kappa shape index (κ3) is 5.73. The Kier molecular flexibility index (Phi) is 9.58. The van der Waals surface area contributed by atoms with E-state index in [1.54, 1.807) is 0 Å². The summed E-state index contributed by atoms with van der Waals surface area (Å²) in [7, 11) is 0. The molecule has 0 aromatic rings. The summed E-state index contributed by atoms with van der Waals surface area (Å²) in [6.45, 7) is 15.5. The molecular formula is C34H60O2. The summed E-state index contributed by atoms with van der Waals surface area (Å²) in [6.07, 6.45) is 21.6. The van der Waals surface area contributed by atoms with Crippen LogP contribution in [0.1, 0.15) is 144 Å². The lowest BCUT2D eigenvalue weighted by molar-refractivity contribution is -0.145. The van der Waals surface area contributed by atoms with Crippen molar-refractivity contribution in [3.8, 4) is 0 Å². The number of hydrogen-bond donors (Lipinski definition) is 0. The lowest BCUT2D eigenvalue weighted by Gasteiger charge is -2.61. The number of hydrogen-bond acceptors (Lipinski definition) is 2. The van der Waals surface area contributed by atoms with E-state index in [1.807, 2.05) is 0 Å². The second kappa shape index (κ2) is 12.1. The molecule has 4 aliphatic rings. The van der Waals surface area contributed by atoms with Crippen LogP contribution in [-0.2, 0) is 9.53 Å². The molecular weight excluding hydrogens is 440 g/mol. The smallest absolute Gasteiger partial charge is 0.305 e. The molecule has 0 saturated heterocycles. The van der Waals surface area contributed by atoms with Crippen LogP contribution in [0.25, 0.3) is 0 Å². The topological polar surface area (TPSA) is 26.3 Å². The van der Waals surface area contributed by atoms with Gasteiger partial charge >= 0.3 is 5.97 Å². The van der Waals surface area contributed by atoms with E-state index in [0.717, 1.165) is 54.8 Å². The van der Waals surface area contributed by atoms with E-state index in [0.29, 0.717) is 35.7 Å². The van der Waals surface area contributed by atoms with Gasteiger partial charge in [-0.3, -0.25) is 4.79 Å². The van der Waals surface area contributed by atoms with Gasteiger partial charge in [0.05, 0.1) is 6.61 Å². The fourth-order valence-corrected chi connectivity index (χ4v) is 10.3. The number of carbonyl (C=O) groups excluding carboxylic acids is 1. The first-order valence-corrected chi connectivity index (χ1v) is 16.4. The Morgan fingerprint density at radius 1 is 0.833 bits per heavy atom. The van der Waals surface area contributed by atoms with E-state index in [4.69, 9.17) is 4.74 Å². The summed E-state index contributed by atoms with van der Waals surface area (Å²) < 4.78 is 5.62. The molecule has 4 saturated carbocycles. The highest BCUT2D eigenvalue weighted by Crippen LogP contribution is 2.68. The van der Waals surface area contributed by atoms with Gasteiger partial charge in [0.25, 0.3) is 0 Å². The van der Waals surface area contributed by atoms with E-state index in [2.05, 4.69) is 41.5 Å². The average Bonchev–Trinajstić information content (AvgIpc) is 3.22. The Labute approximate surface area is 224 Å². The highest BCUT2D eigenvalue weighted by Gasteiger charge is 2.60. The van der Waals surface area contributed by atoms with Gasteiger partial charge < -0.3 is 4.74 Å². The number of esters is 1. The summed E-state index contributed by atoms with van der Waals surface area (Å²) in [6, 6.07) is 0. The van der Waals surface area contributed by atoms with Crippen molar-refractivity contribution < 1.29 is 9.53 Å². The molecule has 2 unspecified atom stereocenters. The molecule has 2 heteroatoms. The highest BCUT2D eigenvalue weighted by atomic mass is 16.5. The Morgan fingerprint density at radius 3 is 2.39 bits per heavy atom. The van der Waals surface area contributed by atoms with Crippen molar-refractivity contribution in [2.75, 3.05) is 6.61 Å². The molecule has 36 heavy (non-hydrogen) atoms. The van der Waals surface area contributed by atoms with Crippen LogP contribution in [-0.4, -0.2) is 12.6 Å². The van der Waals surface area contributed by atoms with E-state index in [1.165, 1.54) is 77.0 Å². The normalized spacial score (nSPS) is 40.4. The van der Waals surface area contributed by atoms with Gasteiger partial charge in [0.1, 0.15) is 0 Å². The zero-order chi connectivity index (χ0) is 25.9. The summed E-state index contributed by atoms with van der Waals surface area (Å²) in [5, 5.41) is 0. The van der Waals surface area contributed by atoms with Crippen molar-refractivity contribution >= 4 is 5.97 Å². The summed E-state index contributed by atoms with van der Waals surface area (Å²) >= 11 is 0. The van der Waals surface area contributed by atoms with Gasteiger partial charge in [-0.15, -0.1) is 0 Å². The van der Waals surface area contributed by atoms with E-state index in [9.17, 15) is 4.79 Å². The Balaban J connectivity index is 1.27. The van der Waals surface area contributed by atoms with Gasteiger partial charge in [0, 0.05) is 6.42 Å². The second-order valence-corrected chi connectivity index (χ2v) is 14.8. The van der Waals surface area contributed by atoms with Gasteiger partial charge in [-0.05, 0) is 116 Å². The molecule has 10 atom stereocenters. The quantitative estimate of drug-likeness (QED) is 0.208. The second-order valence-electron chi connectivity index (χ2n) is 14.8. The first kappa shape index (κ1) is 28.5. The third-order valence-electron chi connectivity index (χ3n) is 12.9. The molecule has 0 aromatic heterocycles. The number of ether oxygens (including phenoxy) is 1. The molecule has 0 heterocycles. The molecule has 0 bridgehead atoms. The minimum absolute atomic E-state index is 0.00696. The maximum Gasteiger partial charge on any atom is 0.305 e. The SMILES string of the molecule is CCCCCC(=O)OCC(C)[C@@H](C)CC[C@@H](C)[C@H]1CC[C@H]2[C@@H]3CCC4CCCC[C@]4(C)[C@H]3CC[C@]12C. The van der Waals surface area contributed by atoms with Crippen molar-refractivity contribution in [3.05, 3.63) is 0 Å². The zero-order valence-electron chi connectivity index (χ0n) is 25.0. The molecule has 2 nitrogen and oxygen atoms in total. The molecule has 0 aliphatic heterocycles. The lowest BCUT2D eigenvalue weighted by atomic mass is 9.44. The van der Waals surface area contributed by atoms with Gasteiger partial charge in [0.2, 0.25) is 0 Å². The standard InChI is InChI=1S/C34H60O2/c1-7-8-9-13-32(35)36-23-26(4)24(2)14-15-25(3)29-18-19-30-28-17-16-27-12-10-11-21-33(27,5)31(28)20-22-34(29,30)6/h24-31H,7-23H2,1-6H3/t24-,25+,26?,27?,28-,29+,30-,31-,33-,34+/m0/s1. The molecule has 0 amide bonds. The maximum absolute atomic E-state index is 12.0. The van der Waals surface area contributed by atoms with Crippen molar-refractivity contribution in [2.24, 2.45) is 58.2 Å². The minimum Gasteiger partial charge on any atom is -0.465 e. The molecule has 0 spiro atoms. The fourth-order valence-electron chi connectivity index (χ4n) is 10.3. The van der Waals surface area contributed by atoms with Crippen LogP contribution in [0.3, 0.4) is 0 Å². The predicted molar refractivity (Wildman–Crippen MR) is 152 cm³/mol.